The zero-order valence-corrected chi connectivity index (χ0v) is 12.2. The van der Waals surface area contributed by atoms with Crippen molar-refractivity contribution in [1.29, 1.82) is 0 Å². The summed E-state index contributed by atoms with van der Waals surface area (Å²) >= 11 is 0. The third-order valence-corrected chi connectivity index (χ3v) is 2.91. The van der Waals surface area contributed by atoms with Crippen molar-refractivity contribution in [2.45, 2.75) is 65.2 Å². The molecule has 0 fully saturated rings. The van der Waals surface area contributed by atoms with Gasteiger partial charge in [-0.1, -0.05) is 75.8 Å². The largest absolute Gasteiger partial charge is 0.397 e. The van der Waals surface area contributed by atoms with Crippen molar-refractivity contribution in [3.05, 3.63) is 35.9 Å². The molecule has 1 nitrogen and oxygen atoms in total. The minimum atomic E-state index is 0.250. The maximum absolute atomic E-state index is 7.57. The molecule has 0 heterocycles. The number of hydrogen-bond donors (Lipinski definition) is 1. The fraction of sp³-hybridized carbons (Fsp3) is 0.647. The molecule has 0 radical (unpaired) electrons. The zero-order chi connectivity index (χ0) is 13.5. The van der Waals surface area contributed by atoms with Crippen LogP contribution in [0.4, 0.5) is 0 Å². The summed E-state index contributed by atoms with van der Waals surface area (Å²) in [4.78, 5) is 0. The summed E-state index contributed by atoms with van der Waals surface area (Å²) in [5.74, 6) is 0. The van der Waals surface area contributed by atoms with Crippen molar-refractivity contribution in [2.75, 3.05) is 6.61 Å². The fourth-order valence-electron chi connectivity index (χ4n) is 1.93. The molecule has 0 aromatic heterocycles. The first-order chi connectivity index (χ1) is 8.85. The predicted octanol–water partition coefficient (Wildman–Crippen LogP) is 4.98. The number of aliphatic hydroxyl groups excluding tert-OH is 1. The highest BCUT2D eigenvalue weighted by molar-refractivity contribution is 5.14. The maximum Gasteiger partial charge on any atom is 0.0402 e. The number of benzene rings is 1. The van der Waals surface area contributed by atoms with Crippen LogP contribution < -0.4 is 0 Å². The van der Waals surface area contributed by atoms with Gasteiger partial charge in [0.2, 0.25) is 0 Å². The van der Waals surface area contributed by atoms with Gasteiger partial charge in [-0.25, -0.2) is 0 Å². The van der Waals surface area contributed by atoms with Gasteiger partial charge in [-0.15, -0.1) is 0 Å². The molecule has 0 spiro atoms. The lowest BCUT2D eigenvalue weighted by Gasteiger charge is -2.01. The van der Waals surface area contributed by atoms with E-state index in [9.17, 15) is 0 Å². The van der Waals surface area contributed by atoms with E-state index < -0.39 is 0 Å². The van der Waals surface area contributed by atoms with Crippen LogP contribution in [0.25, 0.3) is 0 Å². The summed E-state index contributed by atoms with van der Waals surface area (Å²) < 4.78 is 0. The third kappa shape index (κ3) is 11.7. The Morgan fingerprint density at radius 3 is 1.83 bits per heavy atom. The van der Waals surface area contributed by atoms with E-state index in [1.165, 1.54) is 56.9 Å². The van der Waals surface area contributed by atoms with Crippen LogP contribution in [0, 0.1) is 0 Å². The standard InChI is InChI=1S/C15H24.C2H6O/c1-2-3-4-5-6-7-9-12-15-13-10-8-11-14-15;1-2-3/h8,10-11,13-14H,2-7,9,12H2,1H3;3H,2H2,1H3. The van der Waals surface area contributed by atoms with Gasteiger partial charge in [0.15, 0.2) is 0 Å². The van der Waals surface area contributed by atoms with Crippen LogP contribution in [0.15, 0.2) is 30.3 Å². The SMILES string of the molecule is CCCCCCCCCc1ccccc1.CCO. The van der Waals surface area contributed by atoms with Crippen LogP contribution in [-0.2, 0) is 6.42 Å². The summed E-state index contributed by atoms with van der Waals surface area (Å²) in [5.41, 5.74) is 1.49. The molecule has 0 bridgehead atoms. The van der Waals surface area contributed by atoms with Gasteiger partial charge < -0.3 is 5.11 Å². The van der Waals surface area contributed by atoms with Gasteiger partial charge in [0.05, 0.1) is 0 Å². The lowest BCUT2D eigenvalue weighted by Crippen LogP contribution is -1.85. The molecule has 1 aromatic carbocycles. The Labute approximate surface area is 113 Å². The van der Waals surface area contributed by atoms with Crippen LogP contribution in [0.1, 0.15) is 64.4 Å². The highest BCUT2D eigenvalue weighted by atomic mass is 16.2. The van der Waals surface area contributed by atoms with Crippen LogP contribution in [0.2, 0.25) is 0 Å². The van der Waals surface area contributed by atoms with Crippen molar-refractivity contribution < 1.29 is 5.11 Å². The molecule has 0 aliphatic carbocycles. The molecule has 0 saturated heterocycles. The molecule has 0 unspecified atom stereocenters. The Kier molecular flexibility index (Phi) is 13.6. The lowest BCUT2D eigenvalue weighted by atomic mass is 10.0. The average molecular weight is 250 g/mol. The smallest absolute Gasteiger partial charge is 0.0402 e. The zero-order valence-electron chi connectivity index (χ0n) is 12.2. The van der Waals surface area contributed by atoms with Crippen molar-refractivity contribution >= 4 is 0 Å². The lowest BCUT2D eigenvalue weighted by molar-refractivity contribution is 0.318. The first-order valence-electron chi connectivity index (χ1n) is 7.49. The van der Waals surface area contributed by atoms with E-state index in [0.29, 0.717) is 0 Å². The third-order valence-electron chi connectivity index (χ3n) is 2.91. The van der Waals surface area contributed by atoms with Gasteiger partial charge in [-0.3, -0.25) is 0 Å². The predicted molar refractivity (Wildman–Crippen MR) is 80.9 cm³/mol. The number of aliphatic hydroxyl groups is 1. The summed E-state index contributed by atoms with van der Waals surface area (Å²) in [6.45, 7) is 4.20. The van der Waals surface area contributed by atoms with Gasteiger partial charge >= 0.3 is 0 Å². The summed E-state index contributed by atoms with van der Waals surface area (Å²) in [6, 6.07) is 10.8. The van der Waals surface area contributed by atoms with Crippen molar-refractivity contribution in [1.82, 2.24) is 0 Å². The van der Waals surface area contributed by atoms with E-state index >= 15 is 0 Å². The molecule has 1 heteroatoms. The van der Waals surface area contributed by atoms with Gasteiger partial charge in [-0.2, -0.15) is 0 Å². The minimum absolute atomic E-state index is 0.250. The Bertz CT molecular complexity index is 243. The highest BCUT2D eigenvalue weighted by Gasteiger charge is 1.92. The van der Waals surface area contributed by atoms with Gasteiger partial charge in [0.1, 0.15) is 0 Å². The van der Waals surface area contributed by atoms with Crippen LogP contribution in [-0.4, -0.2) is 11.7 Å². The molecule has 18 heavy (non-hydrogen) atoms. The molecule has 0 aliphatic heterocycles. The quantitative estimate of drug-likeness (QED) is 0.645. The molecule has 0 aliphatic rings. The first kappa shape index (κ1) is 17.2. The molecule has 1 N–H and O–H groups in total. The van der Waals surface area contributed by atoms with E-state index in [1.807, 2.05) is 0 Å². The Morgan fingerprint density at radius 1 is 0.778 bits per heavy atom. The molecule has 0 atom stereocenters. The second-order valence-corrected chi connectivity index (χ2v) is 4.67. The van der Waals surface area contributed by atoms with E-state index in [4.69, 9.17) is 5.11 Å². The Morgan fingerprint density at radius 2 is 1.28 bits per heavy atom. The highest BCUT2D eigenvalue weighted by Crippen LogP contribution is 2.10. The Hall–Kier alpha value is -0.820. The van der Waals surface area contributed by atoms with Gasteiger partial charge in [-0.05, 0) is 25.3 Å². The van der Waals surface area contributed by atoms with Crippen molar-refractivity contribution in [3.8, 4) is 0 Å². The first-order valence-corrected chi connectivity index (χ1v) is 7.49. The van der Waals surface area contributed by atoms with E-state index in [-0.39, 0.29) is 6.61 Å². The molecule has 0 saturated carbocycles. The van der Waals surface area contributed by atoms with Crippen molar-refractivity contribution in [3.63, 3.8) is 0 Å². The molecular weight excluding hydrogens is 220 g/mol. The second kappa shape index (κ2) is 14.2. The number of rotatable bonds is 8. The van der Waals surface area contributed by atoms with Crippen LogP contribution >= 0.6 is 0 Å². The van der Waals surface area contributed by atoms with E-state index in [2.05, 4.69) is 37.3 Å². The van der Waals surface area contributed by atoms with Gasteiger partial charge in [0.25, 0.3) is 0 Å². The van der Waals surface area contributed by atoms with Crippen LogP contribution in [0.5, 0.6) is 0 Å². The van der Waals surface area contributed by atoms with Crippen molar-refractivity contribution in [2.24, 2.45) is 0 Å². The van der Waals surface area contributed by atoms with E-state index in [1.54, 1.807) is 6.92 Å². The maximum atomic E-state index is 7.57. The number of hydrogen-bond acceptors (Lipinski definition) is 1. The summed E-state index contributed by atoms with van der Waals surface area (Å²) in [7, 11) is 0. The summed E-state index contributed by atoms with van der Waals surface area (Å²) in [6.07, 6.45) is 11.1. The monoisotopic (exact) mass is 250 g/mol. The molecule has 1 rings (SSSR count). The molecule has 1 aromatic rings. The summed E-state index contributed by atoms with van der Waals surface area (Å²) in [5, 5.41) is 7.57. The normalized spacial score (nSPS) is 9.72. The van der Waals surface area contributed by atoms with Gasteiger partial charge in [0, 0.05) is 6.61 Å². The molecule has 104 valence electrons. The number of aryl methyl sites for hydroxylation is 1. The van der Waals surface area contributed by atoms with E-state index in [0.717, 1.165) is 0 Å². The second-order valence-electron chi connectivity index (χ2n) is 4.67. The average Bonchev–Trinajstić information content (AvgIpc) is 2.40. The van der Waals surface area contributed by atoms with Crippen LogP contribution in [0.3, 0.4) is 0 Å². The topological polar surface area (TPSA) is 20.2 Å². The minimum Gasteiger partial charge on any atom is -0.397 e. The Balaban J connectivity index is 0.000000873. The molecule has 0 amide bonds. The molecular formula is C17H30O. The number of unbranched alkanes of at least 4 members (excludes halogenated alkanes) is 6. The fourth-order valence-corrected chi connectivity index (χ4v) is 1.93.